The quantitative estimate of drug-likeness (QED) is 0.339. The van der Waals surface area contributed by atoms with Crippen LogP contribution in [-0.4, -0.2) is 49.1 Å². The Labute approximate surface area is 210 Å². The topological polar surface area (TPSA) is 125 Å². The van der Waals surface area contributed by atoms with E-state index in [1.165, 1.54) is 32.5 Å². The first kappa shape index (κ1) is 26.6. The van der Waals surface area contributed by atoms with Crippen molar-refractivity contribution >= 4 is 10.9 Å². The van der Waals surface area contributed by atoms with Gasteiger partial charge in [-0.3, -0.25) is 14.2 Å². The third-order valence-electron chi connectivity index (χ3n) is 5.43. The first-order chi connectivity index (χ1) is 18.0. The normalized spacial score (nSPS) is 13.3. The molecule has 0 spiro atoms. The number of benzene rings is 1. The van der Waals surface area contributed by atoms with E-state index < -0.39 is 59.7 Å². The summed E-state index contributed by atoms with van der Waals surface area (Å²) in [6, 6.07) is 2.23. The highest BCUT2D eigenvalue weighted by Crippen LogP contribution is 2.33. The highest BCUT2D eigenvalue weighted by molar-refractivity contribution is 5.82. The van der Waals surface area contributed by atoms with E-state index in [4.69, 9.17) is 9.47 Å². The Kier molecular flexibility index (Phi) is 7.37. The van der Waals surface area contributed by atoms with E-state index in [0.29, 0.717) is 11.9 Å². The number of nitrogens with zero attached hydrogens (tertiary/aromatic N) is 5. The molecule has 4 rings (SSSR count). The van der Waals surface area contributed by atoms with Gasteiger partial charge in [0.15, 0.2) is 22.9 Å². The van der Waals surface area contributed by atoms with Crippen molar-refractivity contribution in [3.05, 3.63) is 69.1 Å². The van der Waals surface area contributed by atoms with Crippen LogP contribution in [0.5, 0.6) is 11.5 Å². The van der Waals surface area contributed by atoms with Crippen LogP contribution in [0.25, 0.3) is 22.3 Å². The van der Waals surface area contributed by atoms with Crippen LogP contribution >= 0.6 is 0 Å². The second kappa shape index (κ2) is 10.5. The van der Waals surface area contributed by atoms with Crippen molar-refractivity contribution in [2.45, 2.75) is 38.3 Å². The first-order valence-corrected chi connectivity index (χ1v) is 11.0. The van der Waals surface area contributed by atoms with E-state index in [1.54, 1.807) is 5.10 Å². The first-order valence-electron chi connectivity index (χ1n) is 11.0. The molecule has 0 saturated heterocycles. The summed E-state index contributed by atoms with van der Waals surface area (Å²) in [4.78, 5) is 36.5. The number of nitrogens with one attached hydrogen (secondary N) is 1. The van der Waals surface area contributed by atoms with Gasteiger partial charge in [0.05, 0.1) is 61.1 Å². The summed E-state index contributed by atoms with van der Waals surface area (Å²) in [6.07, 6.45) is -3.89. The molecule has 200 valence electrons. The Morgan fingerprint density at radius 3 is 2.47 bits per heavy atom. The van der Waals surface area contributed by atoms with Crippen molar-refractivity contribution in [2.75, 3.05) is 7.11 Å². The number of fused-ring (bicyclic) bond motifs is 1. The van der Waals surface area contributed by atoms with E-state index in [1.807, 2.05) is 0 Å². The fourth-order valence-corrected chi connectivity index (χ4v) is 3.69. The number of methoxy groups -OCH3 is 1. The predicted octanol–water partition coefficient (Wildman–Crippen LogP) is 3.30. The van der Waals surface area contributed by atoms with Crippen LogP contribution in [0.15, 0.2) is 46.6 Å². The van der Waals surface area contributed by atoms with Crippen LogP contribution in [0.3, 0.4) is 0 Å². The van der Waals surface area contributed by atoms with Gasteiger partial charge < -0.3 is 9.47 Å². The van der Waals surface area contributed by atoms with Crippen molar-refractivity contribution in [1.82, 2.24) is 29.7 Å². The van der Waals surface area contributed by atoms with Crippen molar-refractivity contribution in [3.8, 4) is 22.9 Å². The third kappa shape index (κ3) is 5.60. The van der Waals surface area contributed by atoms with Gasteiger partial charge in [0, 0.05) is 6.42 Å². The van der Waals surface area contributed by atoms with Crippen molar-refractivity contribution < 1.29 is 31.4 Å². The van der Waals surface area contributed by atoms with Gasteiger partial charge in [-0.25, -0.2) is 28.8 Å². The fraction of sp³-hybridized carbons (Fsp3) is 0.304. The van der Waals surface area contributed by atoms with E-state index in [9.17, 15) is 31.5 Å². The molecule has 1 aromatic carbocycles. The van der Waals surface area contributed by atoms with E-state index in [0.717, 1.165) is 17.0 Å². The van der Waals surface area contributed by atoms with Gasteiger partial charge in [-0.2, -0.15) is 18.3 Å². The minimum Gasteiger partial charge on any atom is -0.494 e. The number of hydrogen-bond acceptors (Lipinski definition) is 8. The second-order valence-electron chi connectivity index (χ2n) is 8.20. The lowest BCUT2D eigenvalue weighted by Gasteiger charge is -2.19. The van der Waals surface area contributed by atoms with Crippen LogP contribution in [0.4, 0.5) is 22.0 Å². The number of ether oxygens (including phenoxy) is 2. The average Bonchev–Trinajstić information content (AvgIpc) is 2.85. The van der Waals surface area contributed by atoms with Gasteiger partial charge in [-0.15, -0.1) is 0 Å². The minimum absolute atomic E-state index is 0.00777. The van der Waals surface area contributed by atoms with Crippen LogP contribution in [-0.2, 0) is 12.7 Å². The molecule has 0 aliphatic heterocycles. The van der Waals surface area contributed by atoms with Gasteiger partial charge >= 0.3 is 6.18 Å². The smallest absolute Gasteiger partial charge is 0.425 e. The number of hydrogen-bond donors (Lipinski definition) is 1. The molecule has 0 aliphatic carbocycles. The molecule has 0 aliphatic rings. The molecule has 3 aromatic heterocycles. The van der Waals surface area contributed by atoms with Gasteiger partial charge in [0.2, 0.25) is 0 Å². The number of alkyl halides is 4. The molecule has 2 atom stereocenters. The molecular weight excluding hydrogens is 519 g/mol. The molecule has 0 unspecified atom stereocenters. The molecule has 15 heteroatoms. The Morgan fingerprint density at radius 1 is 1.11 bits per heavy atom. The highest BCUT2D eigenvalue weighted by Gasteiger charge is 2.38. The number of aromatic amines is 1. The zero-order chi connectivity index (χ0) is 27.6. The maximum atomic E-state index is 14.8. The molecular formula is C23H19F5N6O4. The fourth-order valence-electron chi connectivity index (χ4n) is 3.69. The highest BCUT2D eigenvalue weighted by atomic mass is 19.4. The lowest BCUT2D eigenvalue weighted by atomic mass is 10.1. The number of rotatable bonds is 8. The number of H-pyrrole nitrogens is 1. The summed E-state index contributed by atoms with van der Waals surface area (Å²) in [5.41, 5.74) is -3.71. The molecule has 10 nitrogen and oxygen atoms in total. The minimum atomic E-state index is -5.01. The predicted molar refractivity (Wildman–Crippen MR) is 123 cm³/mol. The second-order valence-corrected chi connectivity index (χ2v) is 8.20. The van der Waals surface area contributed by atoms with Crippen LogP contribution < -0.4 is 20.6 Å². The summed E-state index contributed by atoms with van der Waals surface area (Å²) in [5.74, 6) is -1.24. The largest absolute Gasteiger partial charge is 0.494 e. The van der Waals surface area contributed by atoms with E-state index >= 15 is 0 Å². The van der Waals surface area contributed by atoms with Gasteiger partial charge in [0.25, 0.3) is 11.1 Å². The molecule has 0 radical (unpaired) electrons. The monoisotopic (exact) mass is 538 g/mol. The standard InChI is InChI=1S/C23H19F5N6O4/c1-11(38-18-8-32-33-21(35)19(18)23(26,27)28)3-12(24)9-34-10-31-17-5-14(16(25)4-15(17)22(34)36)20-29-6-13(37-2)7-30-20/h4-8,10-12H,3,9H2,1-2H3,(H,33,35)/t11-,12-/m0/s1. The summed E-state index contributed by atoms with van der Waals surface area (Å²) < 4.78 is 80.1. The Bertz CT molecular complexity index is 1570. The van der Waals surface area contributed by atoms with Gasteiger partial charge in [-0.1, -0.05) is 0 Å². The molecule has 4 aromatic rings. The van der Waals surface area contributed by atoms with Crippen LogP contribution in [0.1, 0.15) is 18.9 Å². The molecule has 38 heavy (non-hydrogen) atoms. The molecule has 0 saturated carbocycles. The Morgan fingerprint density at radius 2 is 1.82 bits per heavy atom. The maximum Gasteiger partial charge on any atom is 0.425 e. The molecule has 0 fully saturated rings. The lowest BCUT2D eigenvalue weighted by molar-refractivity contribution is -0.140. The molecule has 0 bridgehead atoms. The van der Waals surface area contributed by atoms with Crippen molar-refractivity contribution in [3.63, 3.8) is 0 Å². The van der Waals surface area contributed by atoms with E-state index in [-0.39, 0.29) is 22.3 Å². The molecule has 3 heterocycles. The average molecular weight is 538 g/mol. The summed E-state index contributed by atoms with van der Waals surface area (Å²) in [7, 11) is 1.42. The summed E-state index contributed by atoms with van der Waals surface area (Å²) in [5, 5.41) is 4.84. The maximum absolute atomic E-state index is 14.8. The van der Waals surface area contributed by atoms with Crippen LogP contribution in [0, 0.1) is 5.82 Å². The number of aromatic nitrogens is 6. The molecule has 0 amide bonds. The number of halogens is 5. The Hall–Kier alpha value is -4.43. The SMILES string of the molecule is COc1cnc(-c2cc3ncn(C[C@@H](F)C[C@H](C)Oc4cn[nH]c(=O)c4C(F)(F)F)c(=O)c3cc2F)nc1. The van der Waals surface area contributed by atoms with Crippen LogP contribution in [0.2, 0.25) is 0 Å². The van der Waals surface area contributed by atoms with Gasteiger partial charge in [0.1, 0.15) is 12.0 Å². The zero-order valence-corrected chi connectivity index (χ0v) is 19.8. The summed E-state index contributed by atoms with van der Waals surface area (Å²) in [6.45, 7) is 0.771. The Balaban J connectivity index is 1.51. The van der Waals surface area contributed by atoms with Crippen molar-refractivity contribution in [1.29, 1.82) is 0 Å². The van der Waals surface area contributed by atoms with Crippen molar-refractivity contribution in [2.24, 2.45) is 0 Å². The summed E-state index contributed by atoms with van der Waals surface area (Å²) >= 11 is 0. The third-order valence-corrected chi connectivity index (χ3v) is 5.43. The zero-order valence-electron chi connectivity index (χ0n) is 19.8. The van der Waals surface area contributed by atoms with E-state index in [2.05, 4.69) is 20.1 Å². The molecule has 1 N–H and O–H groups in total. The van der Waals surface area contributed by atoms with Gasteiger partial charge in [-0.05, 0) is 19.1 Å². The lowest BCUT2D eigenvalue weighted by Crippen LogP contribution is -2.29.